The van der Waals surface area contributed by atoms with Gasteiger partial charge in [-0.1, -0.05) is 11.6 Å². The van der Waals surface area contributed by atoms with Crippen molar-refractivity contribution in [3.63, 3.8) is 0 Å². The van der Waals surface area contributed by atoms with Crippen molar-refractivity contribution in [2.24, 2.45) is 0 Å². The summed E-state index contributed by atoms with van der Waals surface area (Å²) in [5.41, 5.74) is -0.532. The van der Waals surface area contributed by atoms with Gasteiger partial charge < -0.3 is 9.47 Å². The third-order valence-electron chi connectivity index (χ3n) is 0.892. The second-order valence-corrected chi connectivity index (χ2v) is 5.09. The minimum atomic E-state index is -0.676. The Labute approximate surface area is 80.2 Å². The summed E-state index contributed by atoms with van der Waals surface area (Å²) in [7, 11) is 0. The molecule has 0 unspecified atom stereocenters. The molecule has 0 spiro atoms. The summed E-state index contributed by atoms with van der Waals surface area (Å²) in [5.74, 6) is -0.676. The zero-order chi connectivity index (χ0) is 9.99. The molecule has 0 aromatic carbocycles. The average molecular weight is 195 g/mol. The number of ether oxygens (including phenoxy) is 2. The van der Waals surface area contributed by atoms with Gasteiger partial charge in [0.1, 0.15) is 0 Å². The van der Waals surface area contributed by atoms with Crippen LogP contribution in [0.25, 0.3) is 0 Å². The average Bonchev–Trinajstić information content (AvgIpc) is 1.49. The van der Waals surface area contributed by atoms with Gasteiger partial charge in [0, 0.05) is 0 Å². The van der Waals surface area contributed by atoms with E-state index in [1.165, 1.54) is 0 Å². The standard InChI is InChI=1S/C9H19ClO2/c1-8(2,3)11-7(10)12-9(4,5)6/h7H,1-6H3. The summed E-state index contributed by atoms with van der Waals surface area (Å²) in [4.78, 5) is 0. The van der Waals surface area contributed by atoms with E-state index in [-0.39, 0.29) is 11.2 Å². The summed E-state index contributed by atoms with van der Waals surface area (Å²) >= 11 is 5.81. The molecule has 0 atom stereocenters. The zero-order valence-corrected chi connectivity index (χ0v) is 9.53. The van der Waals surface area contributed by atoms with Crippen molar-refractivity contribution < 1.29 is 9.47 Å². The van der Waals surface area contributed by atoms with Gasteiger partial charge >= 0.3 is 0 Å². The van der Waals surface area contributed by atoms with Crippen molar-refractivity contribution >= 4 is 11.6 Å². The highest BCUT2D eigenvalue weighted by molar-refractivity contribution is 6.18. The number of rotatable bonds is 2. The van der Waals surface area contributed by atoms with Crippen molar-refractivity contribution in [2.75, 3.05) is 0 Å². The molecule has 0 aromatic heterocycles. The Morgan fingerprint density at radius 2 is 1.08 bits per heavy atom. The zero-order valence-electron chi connectivity index (χ0n) is 8.77. The molecule has 0 aliphatic carbocycles. The number of hydrogen-bond acceptors (Lipinski definition) is 2. The van der Waals surface area contributed by atoms with Gasteiger partial charge in [-0.15, -0.1) is 0 Å². The van der Waals surface area contributed by atoms with Crippen molar-refractivity contribution in [1.82, 2.24) is 0 Å². The third kappa shape index (κ3) is 8.31. The number of hydrogen-bond donors (Lipinski definition) is 0. The maximum absolute atomic E-state index is 5.81. The predicted octanol–water partition coefficient (Wildman–Crippen LogP) is 3.14. The van der Waals surface area contributed by atoms with E-state index >= 15 is 0 Å². The normalized spacial score (nSPS) is 14.0. The molecular formula is C9H19ClO2. The molecule has 12 heavy (non-hydrogen) atoms. The molecule has 0 aliphatic rings. The lowest BCUT2D eigenvalue weighted by atomic mass is 10.2. The van der Waals surface area contributed by atoms with Crippen molar-refractivity contribution in [2.45, 2.75) is 58.5 Å². The molecule has 0 aliphatic heterocycles. The van der Waals surface area contributed by atoms with E-state index in [4.69, 9.17) is 21.1 Å². The molecule has 0 radical (unpaired) electrons. The molecule has 0 fully saturated rings. The van der Waals surface area contributed by atoms with E-state index in [0.717, 1.165) is 0 Å². The molecule has 0 aromatic rings. The number of alkyl halides is 1. The molecule has 0 saturated carbocycles. The van der Waals surface area contributed by atoms with Crippen LogP contribution in [0.1, 0.15) is 41.5 Å². The van der Waals surface area contributed by atoms with Crippen LogP contribution in [0.5, 0.6) is 0 Å². The lowest BCUT2D eigenvalue weighted by Crippen LogP contribution is -2.31. The fourth-order valence-electron chi connectivity index (χ4n) is 0.580. The van der Waals surface area contributed by atoms with E-state index in [9.17, 15) is 0 Å². The van der Waals surface area contributed by atoms with Gasteiger partial charge in [0.25, 0.3) is 0 Å². The van der Waals surface area contributed by atoms with Crippen molar-refractivity contribution in [3.05, 3.63) is 0 Å². The fraction of sp³-hybridized carbons (Fsp3) is 1.00. The highest BCUT2D eigenvalue weighted by atomic mass is 35.5. The van der Waals surface area contributed by atoms with Crippen LogP contribution < -0.4 is 0 Å². The van der Waals surface area contributed by atoms with Gasteiger partial charge in [0.15, 0.2) is 0 Å². The first-order valence-corrected chi connectivity index (χ1v) is 4.53. The van der Waals surface area contributed by atoms with Gasteiger partial charge in [-0.2, -0.15) is 0 Å². The van der Waals surface area contributed by atoms with E-state index in [2.05, 4.69) is 0 Å². The first-order valence-electron chi connectivity index (χ1n) is 4.10. The van der Waals surface area contributed by atoms with Gasteiger partial charge in [-0.05, 0) is 41.5 Å². The molecule has 2 nitrogen and oxygen atoms in total. The molecule has 0 N–H and O–H groups in total. The van der Waals surface area contributed by atoms with Crippen molar-refractivity contribution in [3.8, 4) is 0 Å². The second-order valence-electron chi connectivity index (χ2n) is 4.73. The van der Waals surface area contributed by atoms with E-state index in [1.807, 2.05) is 41.5 Å². The maximum Gasteiger partial charge on any atom is 0.238 e. The largest absolute Gasteiger partial charge is 0.334 e. The van der Waals surface area contributed by atoms with Crippen LogP contribution in [-0.2, 0) is 9.47 Å². The Morgan fingerprint density at radius 1 is 0.833 bits per heavy atom. The summed E-state index contributed by atoms with van der Waals surface area (Å²) < 4.78 is 10.7. The van der Waals surface area contributed by atoms with Gasteiger partial charge in [0.05, 0.1) is 11.2 Å². The van der Waals surface area contributed by atoms with Crippen LogP contribution in [0.2, 0.25) is 0 Å². The summed E-state index contributed by atoms with van der Waals surface area (Å²) in [5, 5.41) is 0. The Bertz CT molecular complexity index is 116. The van der Waals surface area contributed by atoms with Gasteiger partial charge in [-0.25, -0.2) is 0 Å². The van der Waals surface area contributed by atoms with Crippen LogP contribution in [0.15, 0.2) is 0 Å². The van der Waals surface area contributed by atoms with Gasteiger partial charge in [0.2, 0.25) is 5.75 Å². The monoisotopic (exact) mass is 194 g/mol. The van der Waals surface area contributed by atoms with E-state index in [0.29, 0.717) is 0 Å². The first-order chi connectivity index (χ1) is 5.10. The third-order valence-corrected chi connectivity index (χ3v) is 1.07. The van der Waals surface area contributed by atoms with Crippen LogP contribution in [0.4, 0.5) is 0 Å². The lowest BCUT2D eigenvalue weighted by Gasteiger charge is -2.28. The Morgan fingerprint density at radius 3 is 1.25 bits per heavy atom. The van der Waals surface area contributed by atoms with Gasteiger partial charge in [-0.3, -0.25) is 0 Å². The fourth-order valence-corrected chi connectivity index (χ4v) is 1.11. The highest BCUT2D eigenvalue weighted by Crippen LogP contribution is 2.19. The molecule has 0 saturated heterocycles. The molecule has 0 bridgehead atoms. The van der Waals surface area contributed by atoms with E-state index in [1.54, 1.807) is 0 Å². The SMILES string of the molecule is CC(C)(C)OC(Cl)OC(C)(C)C. The van der Waals surface area contributed by atoms with Crippen LogP contribution >= 0.6 is 11.6 Å². The Kier molecular flexibility index (Phi) is 4.01. The Balaban J connectivity index is 3.83. The molecule has 0 rings (SSSR count). The summed E-state index contributed by atoms with van der Waals surface area (Å²) in [6, 6.07) is 0. The first kappa shape index (κ1) is 12.2. The highest BCUT2D eigenvalue weighted by Gasteiger charge is 2.22. The maximum atomic E-state index is 5.81. The van der Waals surface area contributed by atoms with Crippen LogP contribution in [0.3, 0.4) is 0 Å². The number of halogens is 1. The minimum absolute atomic E-state index is 0.266. The topological polar surface area (TPSA) is 18.5 Å². The predicted molar refractivity (Wildman–Crippen MR) is 51.3 cm³/mol. The molecule has 74 valence electrons. The summed E-state index contributed by atoms with van der Waals surface area (Å²) in [6.07, 6.45) is 0. The molecule has 3 heteroatoms. The summed E-state index contributed by atoms with van der Waals surface area (Å²) in [6.45, 7) is 11.6. The molecule has 0 heterocycles. The second kappa shape index (κ2) is 3.95. The minimum Gasteiger partial charge on any atom is -0.334 e. The Hall–Kier alpha value is 0.210. The quantitative estimate of drug-likeness (QED) is 0.497. The molecular weight excluding hydrogens is 176 g/mol. The lowest BCUT2D eigenvalue weighted by molar-refractivity contribution is -0.191. The van der Waals surface area contributed by atoms with Crippen molar-refractivity contribution in [1.29, 1.82) is 0 Å². The smallest absolute Gasteiger partial charge is 0.238 e. The van der Waals surface area contributed by atoms with Crippen LogP contribution in [0, 0.1) is 0 Å². The van der Waals surface area contributed by atoms with Crippen LogP contribution in [-0.4, -0.2) is 17.0 Å². The van der Waals surface area contributed by atoms with E-state index < -0.39 is 5.75 Å². The molecule has 0 amide bonds.